The van der Waals surface area contributed by atoms with E-state index in [-0.39, 0.29) is 24.0 Å². The lowest BCUT2D eigenvalue weighted by atomic mass is 10.3. The van der Waals surface area contributed by atoms with Crippen LogP contribution in [0, 0.1) is 0 Å². The predicted molar refractivity (Wildman–Crippen MR) is 107 cm³/mol. The highest BCUT2D eigenvalue weighted by Crippen LogP contribution is 2.07. The Hall–Kier alpha value is -1.74. The van der Waals surface area contributed by atoms with E-state index in [1.165, 1.54) is 4.88 Å². The van der Waals surface area contributed by atoms with Crippen LogP contribution in [0.25, 0.3) is 0 Å². The summed E-state index contributed by atoms with van der Waals surface area (Å²) in [5, 5.41) is 8.74. The molecule has 0 fully saturated rings. The normalized spacial score (nSPS) is 11.1. The Labute approximate surface area is 162 Å². The van der Waals surface area contributed by atoms with Crippen LogP contribution in [0.4, 0.5) is 0 Å². The Morgan fingerprint density at radius 3 is 2.46 bits per heavy atom. The van der Waals surface area contributed by atoms with Crippen molar-refractivity contribution >= 4 is 41.3 Å². The third-order valence-corrected chi connectivity index (χ3v) is 4.10. The summed E-state index contributed by atoms with van der Waals surface area (Å²) in [7, 11) is 0. The van der Waals surface area contributed by atoms with Gasteiger partial charge in [0.2, 0.25) is 0 Å². The second-order valence-corrected chi connectivity index (χ2v) is 5.97. The molecule has 0 atom stereocenters. The number of hydrogen-bond acceptors (Lipinski definition) is 4. The Bertz CT molecular complexity index is 694. The van der Waals surface area contributed by atoms with Crippen molar-refractivity contribution in [1.82, 2.24) is 10.6 Å². The topological polar surface area (TPSA) is 62.7 Å². The molecule has 0 unspecified atom stereocenters. The van der Waals surface area contributed by atoms with Gasteiger partial charge in [0.25, 0.3) is 0 Å². The fourth-order valence-corrected chi connectivity index (χ4v) is 2.72. The zero-order valence-electron chi connectivity index (χ0n) is 13.1. The average molecular weight is 457 g/mol. The number of guanidine groups is 1. The van der Waals surface area contributed by atoms with E-state index in [0.717, 1.165) is 37.0 Å². The maximum atomic E-state index is 5.34. The second-order valence-electron chi connectivity index (χ2n) is 4.93. The van der Waals surface area contributed by atoms with Gasteiger partial charge in [-0.15, -0.1) is 35.3 Å². The highest BCUT2D eigenvalue weighted by atomic mass is 127. The van der Waals surface area contributed by atoms with Crippen molar-refractivity contribution in [3.05, 3.63) is 70.7 Å². The van der Waals surface area contributed by atoms with Gasteiger partial charge in [-0.25, -0.2) is 4.99 Å². The minimum atomic E-state index is 0. The number of hydrogen-bond donors (Lipinski definition) is 2. The highest BCUT2D eigenvalue weighted by molar-refractivity contribution is 14.0. The maximum Gasteiger partial charge on any atom is 0.192 e. The van der Waals surface area contributed by atoms with Gasteiger partial charge < -0.3 is 19.5 Å². The number of nitrogens with zero attached hydrogens (tertiary/aromatic N) is 1. The molecule has 7 heteroatoms. The summed E-state index contributed by atoms with van der Waals surface area (Å²) in [6.45, 7) is 2.01. The fraction of sp³-hybridized carbons (Fsp3) is 0.235. The third kappa shape index (κ3) is 6.04. The first-order valence-corrected chi connectivity index (χ1v) is 8.37. The third-order valence-electron chi connectivity index (χ3n) is 3.23. The molecule has 3 heterocycles. The van der Waals surface area contributed by atoms with Gasteiger partial charge in [-0.3, -0.25) is 0 Å². The van der Waals surface area contributed by atoms with Gasteiger partial charge in [0.1, 0.15) is 18.1 Å². The van der Waals surface area contributed by atoms with Crippen LogP contribution in [0.5, 0.6) is 0 Å². The number of rotatable bonds is 7. The van der Waals surface area contributed by atoms with E-state index in [1.54, 1.807) is 23.9 Å². The molecule has 24 heavy (non-hydrogen) atoms. The highest BCUT2D eigenvalue weighted by Gasteiger charge is 2.02. The van der Waals surface area contributed by atoms with Crippen LogP contribution in [-0.2, 0) is 19.5 Å². The first-order chi connectivity index (χ1) is 11.4. The molecule has 128 valence electrons. The van der Waals surface area contributed by atoms with Crippen molar-refractivity contribution in [3.63, 3.8) is 0 Å². The first-order valence-electron chi connectivity index (χ1n) is 7.49. The van der Waals surface area contributed by atoms with Crippen LogP contribution in [0.15, 0.2) is 68.1 Å². The molecule has 3 aromatic heterocycles. The summed E-state index contributed by atoms with van der Waals surface area (Å²) < 4.78 is 10.7. The van der Waals surface area contributed by atoms with Crippen LogP contribution in [0.2, 0.25) is 0 Å². The largest absolute Gasteiger partial charge is 0.469 e. The second kappa shape index (κ2) is 10.2. The number of halogens is 1. The van der Waals surface area contributed by atoms with E-state index < -0.39 is 0 Å². The smallest absolute Gasteiger partial charge is 0.192 e. The minimum absolute atomic E-state index is 0. The van der Waals surface area contributed by atoms with Gasteiger partial charge in [0.05, 0.1) is 19.1 Å². The molecule has 0 amide bonds. The molecule has 0 aromatic carbocycles. The van der Waals surface area contributed by atoms with Crippen LogP contribution >= 0.6 is 35.3 Å². The van der Waals surface area contributed by atoms with Gasteiger partial charge in [0, 0.05) is 17.8 Å². The van der Waals surface area contributed by atoms with Crippen LogP contribution < -0.4 is 10.6 Å². The molecular formula is C17H20IN3O2S. The van der Waals surface area contributed by atoms with Crippen LogP contribution in [0.1, 0.15) is 16.4 Å². The maximum absolute atomic E-state index is 5.34. The van der Waals surface area contributed by atoms with Crippen LogP contribution in [0.3, 0.4) is 0 Å². The lowest BCUT2D eigenvalue weighted by Crippen LogP contribution is -2.37. The lowest BCUT2D eigenvalue weighted by molar-refractivity contribution is 0.505. The van der Waals surface area contributed by atoms with Crippen molar-refractivity contribution in [2.24, 2.45) is 4.99 Å². The summed E-state index contributed by atoms with van der Waals surface area (Å²) in [5.74, 6) is 2.57. The molecular weight excluding hydrogens is 437 g/mol. The van der Waals surface area contributed by atoms with Gasteiger partial charge >= 0.3 is 0 Å². The molecule has 5 nitrogen and oxygen atoms in total. The Morgan fingerprint density at radius 2 is 1.79 bits per heavy atom. The number of aliphatic imine (C=N–C) groups is 1. The molecule has 0 saturated heterocycles. The van der Waals surface area contributed by atoms with Crippen molar-refractivity contribution in [1.29, 1.82) is 0 Å². The molecule has 0 aliphatic rings. The lowest BCUT2D eigenvalue weighted by Gasteiger charge is -2.11. The van der Waals surface area contributed by atoms with Gasteiger partial charge in [0.15, 0.2) is 5.96 Å². The molecule has 3 rings (SSSR count). The van der Waals surface area contributed by atoms with Gasteiger partial charge in [-0.2, -0.15) is 0 Å². The Balaban J connectivity index is 0.00000208. The van der Waals surface area contributed by atoms with E-state index >= 15 is 0 Å². The van der Waals surface area contributed by atoms with Crippen molar-refractivity contribution in [2.45, 2.75) is 19.5 Å². The van der Waals surface area contributed by atoms with Crippen molar-refractivity contribution in [2.75, 3.05) is 6.54 Å². The molecule has 0 spiro atoms. The van der Waals surface area contributed by atoms with E-state index in [0.29, 0.717) is 6.54 Å². The summed E-state index contributed by atoms with van der Waals surface area (Å²) in [6, 6.07) is 11.8. The summed E-state index contributed by atoms with van der Waals surface area (Å²) in [5.41, 5.74) is 0. The van der Waals surface area contributed by atoms with E-state index in [4.69, 9.17) is 8.83 Å². The predicted octanol–water partition coefficient (Wildman–Crippen LogP) is 4.03. The average Bonchev–Trinajstić information content (AvgIpc) is 3.33. The first kappa shape index (κ1) is 18.6. The molecule has 0 saturated carbocycles. The van der Waals surface area contributed by atoms with Gasteiger partial charge in [-0.05, 0) is 35.7 Å². The zero-order chi connectivity index (χ0) is 15.7. The number of thiophene rings is 1. The molecule has 3 aromatic rings. The summed E-state index contributed by atoms with van der Waals surface area (Å²) in [6.07, 6.45) is 4.16. The standard InChI is InChI=1S/C17H19N3O2S.HI/c1-4-14(21-9-1)7-8-18-17(19-12-15-5-2-10-22-15)20-13-16-6-3-11-23-16;/h1-6,9-11H,7-8,12-13H2,(H2,18,19,20);1H. The summed E-state index contributed by atoms with van der Waals surface area (Å²) >= 11 is 1.72. The Morgan fingerprint density at radius 1 is 1.00 bits per heavy atom. The number of furan rings is 2. The molecule has 0 aliphatic carbocycles. The van der Waals surface area contributed by atoms with Crippen LogP contribution in [-0.4, -0.2) is 12.5 Å². The molecule has 0 radical (unpaired) electrons. The molecule has 0 aliphatic heterocycles. The summed E-state index contributed by atoms with van der Waals surface area (Å²) in [4.78, 5) is 5.83. The molecule has 2 N–H and O–H groups in total. The monoisotopic (exact) mass is 457 g/mol. The van der Waals surface area contributed by atoms with E-state index in [2.05, 4.69) is 27.1 Å². The quantitative estimate of drug-likeness (QED) is 0.320. The fourth-order valence-electron chi connectivity index (χ4n) is 2.08. The van der Waals surface area contributed by atoms with Crippen molar-refractivity contribution < 1.29 is 8.83 Å². The SMILES string of the molecule is I.c1coc(CCNC(=NCc2ccco2)NCc2cccs2)c1. The Kier molecular flexibility index (Phi) is 7.90. The van der Waals surface area contributed by atoms with Crippen molar-refractivity contribution in [3.8, 4) is 0 Å². The zero-order valence-corrected chi connectivity index (χ0v) is 16.3. The van der Waals surface area contributed by atoms with E-state index in [9.17, 15) is 0 Å². The van der Waals surface area contributed by atoms with E-state index in [1.807, 2.05) is 30.3 Å². The number of nitrogens with one attached hydrogen (secondary N) is 2. The molecule has 0 bridgehead atoms. The van der Waals surface area contributed by atoms with Gasteiger partial charge in [-0.1, -0.05) is 6.07 Å². The minimum Gasteiger partial charge on any atom is -0.469 e.